The third kappa shape index (κ3) is 4.44. The molecule has 1 aromatic heterocycles. The van der Waals surface area contributed by atoms with E-state index in [0.717, 1.165) is 28.1 Å². The predicted molar refractivity (Wildman–Crippen MR) is 91.3 cm³/mol. The topological polar surface area (TPSA) is 78.4 Å². The summed E-state index contributed by atoms with van der Waals surface area (Å²) in [5, 5.41) is 24.7. The second-order valence-corrected chi connectivity index (χ2v) is 5.62. The standard InChI is InChI=1S/C19H20N2O3/c22-19(23)10-5-14-1-3-15(4-2-14)13-24-17-8-6-16(7-9-17)18-11-12-20-21-18/h1-4,6-9,11-12,19,22-23H,5,10,13H2,(H,20,21). The lowest BCUT2D eigenvalue weighted by atomic mass is 10.1. The fourth-order valence-corrected chi connectivity index (χ4v) is 2.41. The minimum Gasteiger partial charge on any atom is -0.489 e. The van der Waals surface area contributed by atoms with Crippen LogP contribution in [0, 0.1) is 0 Å². The normalized spacial score (nSPS) is 11.0. The van der Waals surface area contributed by atoms with E-state index < -0.39 is 6.29 Å². The lowest BCUT2D eigenvalue weighted by Gasteiger charge is -2.08. The number of aryl methyl sites for hydroxylation is 1. The second-order valence-electron chi connectivity index (χ2n) is 5.62. The molecule has 2 aromatic carbocycles. The number of ether oxygens (including phenoxy) is 1. The minimum absolute atomic E-state index is 0.346. The van der Waals surface area contributed by atoms with Crippen molar-refractivity contribution in [3.63, 3.8) is 0 Å². The van der Waals surface area contributed by atoms with Gasteiger partial charge in [-0.2, -0.15) is 5.10 Å². The summed E-state index contributed by atoms with van der Waals surface area (Å²) in [6, 6.07) is 17.8. The van der Waals surface area contributed by atoms with E-state index in [2.05, 4.69) is 10.2 Å². The Balaban J connectivity index is 1.53. The molecule has 3 N–H and O–H groups in total. The molecule has 24 heavy (non-hydrogen) atoms. The number of aromatic amines is 1. The Bertz CT molecular complexity index is 735. The Hall–Kier alpha value is -2.63. The molecule has 5 nitrogen and oxygen atoms in total. The van der Waals surface area contributed by atoms with E-state index in [1.807, 2.05) is 54.6 Å². The van der Waals surface area contributed by atoms with Crippen LogP contribution >= 0.6 is 0 Å². The molecule has 0 aliphatic heterocycles. The maximum absolute atomic E-state index is 8.89. The zero-order chi connectivity index (χ0) is 16.8. The third-order valence-corrected chi connectivity index (χ3v) is 3.79. The minimum atomic E-state index is -1.25. The van der Waals surface area contributed by atoms with Crippen molar-refractivity contribution in [3.05, 3.63) is 71.9 Å². The number of nitrogens with one attached hydrogen (secondary N) is 1. The van der Waals surface area contributed by atoms with Crippen LogP contribution in [-0.2, 0) is 13.0 Å². The number of aromatic nitrogens is 2. The summed E-state index contributed by atoms with van der Waals surface area (Å²) >= 11 is 0. The highest BCUT2D eigenvalue weighted by molar-refractivity contribution is 5.59. The van der Waals surface area contributed by atoms with Crippen molar-refractivity contribution in [2.45, 2.75) is 25.7 Å². The molecular formula is C19H20N2O3. The molecule has 5 heteroatoms. The number of rotatable bonds is 7. The smallest absolute Gasteiger partial charge is 0.151 e. The van der Waals surface area contributed by atoms with Crippen LogP contribution < -0.4 is 4.74 Å². The molecule has 0 saturated heterocycles. The SMILES string of the molecule is OC(O)CCc1ccc(COc2ccc(-c3ccn[nH]3)cc2)cc1. The number of aliphatic hydroxyl groups is 2. The number of nitrogens with zero attached hydrogens (tertiary/aromatic N) is 1. The van der Waals surface area contributed by atoms with E-state index in [1.54, 1.807) is 6.20 Å². The molecule has 0 saturated carbocycles. The monoisotopic (exact) mass is 324 g/mol. The van der Waals surface area contributed by atoms with Crippen molar-refractivity contribution in [3.8, 4) is 17.0 Å². The number of hydrogen-bond donors (Lipinski definition) is 3. The van der Waals surface area contributed by atoms with Gasteiger partial charge in [-0.05, 0) is 53.4 Å². The summed E-state index contributed by atoms with van der Waals surface area (Å²) in [5.74, 6) is 0.811. The molecule has 0 amide bonds. The first kappa shape index (κ1) is 16.2. The zero-order valence-corrected chi connectivity index (χ0v) is 13.2. The lowest BCUT2D eigenvalue weighted by molar-refractivity contribution is -0.0447. The molecule has 1 heterocycles. The van der Waals surface area contributed by atoms with Gasteiger partial charge in [0.2, 0.25) is 0 Å². The molecule has 3 aromatic rings. The number of benzene rings is 2. The Labute approximate surface area is 140 Å². The molecule has 0 radical (unpaired) electrons. The zero-order valence-electron chi connectivity index (χ0n) is 13.2. The van der Waals surface area contributed by atoms with Gasteiger partial charge in [0.05, 0.1) is 5.69 Å². The van der Waals surface area contributed by atoms with Gasteiger partial charge >= 0.3 is 0 Å². The highest BCUT2D eigenvalue weighted by Gasteiger charge is 2.02. The van der Waals surface area contributed by atoms with Gasteiger partial charge < -0.3 is 14.9 Å². The number of H-pyrrole nitrogens is 1. The van der Waals surface area contributed by atoms with Crippen molar-refractivity contribution in [1.82, 2.24) is 10.2 Å². The summed E-state index contributed by atoms with van der Waals surface area (Å²) in [7, 11) is 0. The first-order valence-corrected chi connectivity index (χ1v) is 7.87. The highest BCUT2D eigenvalue weighted by atomic mass is 16.5. The summed E-state index contributed by atoms with van der Waals surface area (Å²) < 4.78 is 5.80. The van der Waals surface area contributed by atoms with Crippen molar-refractivity contribution in [2.24, 2.45) is 0 Å². The molecule has 0 unspecified atom stereocenters. The molecular weight excluding hydrogens is 304 g/mol. The first-order valence-electron chi connectivity index (χ1n) is 7.87. The average molecular weight is 324 g/mol. The van der Waals surface area contributed by atoms with E-state index in [1.165, 1.54) is 0 Å². The molecule has 0 atom stereocenters. The van der Waals surface area contributed by atoms with Crippen LogP contribution in [0.5, 0.6) is 5.75 Å². The van der Waals surface area contributed by atoms with Gasteiger partial charge in [-0.15, -0.1) is 0 Å². The average Bonchev–Trinajstić information content (AvgIpc) is 3.14. The molecule has 3 rings (SSSR count). The molecule has 0 aliphatic rings. The third-order valence-electron chi connectivity index (χ3n) is 3.79. The maximum Gasteiger partial charge on any atom is 0.151 e. The molecule has 0 fully saturated rings. The van der Waals surface area contributed by atoms with Gasteiger partial charge in [0.15, 0.2) is 6.29 Å². The van der Waals surface area contributed by atoms with Crippen molar-refractivity contribution < 1.29 is 14.9 Å². The second kappa shape index (κ2) is 7.77. The summed E-state index contributed by atoms with van der Waals surface area (Å²) in [4.78, 5) is 0. The fraction of sp³-hybridized carbons (Fsp3) is 0.211. The van der Waals surface area contributed by atoms with E-state index >= 15 is 0 Å². The summed E-state index contributed by atoms with van der Waals surface area (Å²) in [6.45, 7) is 0.492. The Morgan fingerprint density at radius 1 is 0.917 bits per heavy atom. The van der Waals surface area contributed by atoms with Gasteiger partial charge in [-0.25, -0.2) is 0 Å². The summed E-state index contributed by atoms with van der Waals surface area (Å²) in [6.07, 6.45) is 1.47. The van der Waals surface area contributed by atoms with E-state index in [4.69, 9.17) is 14.9 Å². The van der Waals surface area contributed by atoms with Gasteiger partial charge in [0, 0.05) is 12.6 Å². The molecule has 124 valence electrons. The van der Waals surface area contributed by atoms with Crippen LogP contribution in [0.3, 0.4) is 0 Å². The first-order chi connectivity index (χ1) is 11.7. The predicted octanol–water partition coefficient (Wildman–Crippen LogP) is 2.90. The largest absolute Gasteiger partial charge is 0.489 e. The molecule has 0 spiro atoms. The van der Waals surface area contributed by atoms with E-state index in [9.17, 15) is 0 Å². The van der Waals surface area contributed by atoms with E-state index in [-0.39, 0.29) is 0 Å². The van der Waals surface area contributed by atoms with Crippen LogP contribution in [0.15, 0.2) is 60.8 Å². The van der Waals surface area contributed by atoms with Crippen molar-refractivity contribution in [1.29, 1.82) is 0 Å². The Morgan fingerprint density at radius 2 is 1.62 bits per heavy atom. The Morgan fingerprint density at radius 3 is 2.25 bits per heavy atom. The van der Waals surface area contributed by atoms with Crippen LogP contribution in [0.2, 0.25) is 0 Å². The summed E-state index contributed by atoms with van der Waals surface area (Å²) in [5.41, 5.74) is 4.19. The lowest BCUT2D eigenvalue weighted by Crippen LogP contribution is -2.05. The maximum atomic E-state index is 8.89. The van der Waals surface area contributed by atoms with Crippen LogP contribution in [0.1, 0.15) is 17.5 Å². The van der Waals surface area contributed by atoms with Crippen LogP contribution in [0.25, 0.3) is 11.3 Å². The van der Waals surface area contributed by atoms with E-state index in [0.29, 0.717) is 19.4 Å². The number of aliphatic hydroxyl groups excluding tert-OH is 1. The van der Waals surface area contributed by atoms with Crippen molar-refractivity contribution >= 4 is 0 Å². The fourth-order valence-electron chi connectivity index (χ4n) is 2.41. The van der Waals surface area contributed by atoms with Gasteiger partial charge in [0.25, 0.3) is 0 Å². The van der Waals surface area contributed by atoms with Crippen LogP contribution in [0.4, 0.5) is 0 Å². The highest BCUT2D eigenvalue weighted by Crippen LogP contribution is 2.21. The van der Waals surface area contributed by atoms with Crippen molar-refractivity contribution in [2.75, 3.05) is 0 Å². The molecule has 0 aliphatic carbocycles. The van der Waals surface area contributed by atoms with Gasteiger partial charge in [-0.3, -0.25) is 5.10 Å². The number of hydrogen-bond acceptors (Lipinski definition) is 4. The quantitative estimate of drug-likeness (QED) is 0.584. The Kier molecular flexibility index (Phi) is 5.25. The van der Waals surface area contributed by atoms with Gasteiger partial charge in [-0.1, -0.05) is 24.3 Å². The van der Waals surface area contributed by atoms with Crippen LogP contribution in [-0.4, -0.2) is 26.7 Å². The molecule has 0 bridgehead atoms. The van der Waals surface area contributed by atoms with Gasteiger partial charge in [0.1, 0.15) is 12.4 Å².